The van der Waals surface area contributed by atoms with Gasteiger partial charge in [-0.05, 0) is 43.0 Å². The normalized spacial score (nSPS) is 17.9. The largest absolute Gasteiger partial charge is 0.497 e. The van der Waals surface area contributed by atoms with Crippen LogP contribution >= 0.6 is 0 Å². The molecule has 0 radical (unpaired) electrons. The van der Waals surface area contributed by atoms with Gasteiger partial charge in [-0.2, -0.15) is 0 Å². The van der Waals surface area contributed by atoms with Crippen LogP contribution in [-0.2, 0) is 9.84 Å². The first-order chi connectivity index (χ1) is 12.4. The number of rotatable bonds is 5. The Balaban J connectivity index is 1.73. The lowest BCUT2D eigenvalue weighted by molar-refractivity contribution is 0.0653. The molecule has 0 spiro atoms. The van der Waals surface area contributed by atoms with Crippen LogP contribution < -0.4 is 4.74 Å². The molecule has 0 bridgehead atoms. The highest BCUT2D eigenvalue weighted by molar-refractivity contribution is 7.90. The molecule has 1 unspecified atom stereocenters. The fourth-order valence-electron chi connectivity index (χ4n) is 3.35. The Morgan fingerprint density at radius 2 is 2.12 bits per heavy atom. The summed E-state index contributed by atoms with van der Waals surface area (Å²) in [4.78, 5) is 14.4. The van der Waals surface area contributed by atoms with Crippen molar-refractivity contribution < 1.29 is 22.4 Å². The third-order valence-corrected chi connectivity index (χ3v) is 5.59. The maximum absolute atomic E-state index is 12.7. The van der Waals surface area contributed by atoms with E-state index < -0.39 is 9.84 Å². The molecule has 0 N–H and O–H groups in total. The highest BCUT2D eigenvalue weighted by Crippen LogP contribution is 2.27. The molecule has 1 amide bonds. The lowest BCUT2D eigenvalue weighted by Gasteiger charge is -2.31. The second kappa shape index (κ2) is 7.53. The van der Waals surface area contributed by atoms with E-state index in [2.05, 4.69) is 0 Å². The highest BCUT2D eigenvalue weighted by atomic mass is 32.2. The minimum absolute atomic E-state index is 0.0180. The molecular weight excluding hydrogens is 354 g/mol. The van der Waals surface area contributed by atoms with Crippen molar-refractivity contribution in [2.75, 3.05) is 32.2 Å². The van der Waals surface area contributed by atoms with Crippen LogP contribution in [0.5, 0.6) is 5.75 Å². The summed E-state index contributed by atoms with van der Waals surface area (Å²) in [6.07, 6.45) is 2.86. The molecule has 2 aromatic rings. The third kappa shape index (κ3) is 4.46. The maximum Gasteiger partial charge on any atom is 0.289 e. The number of methoxy groups -OCH3 is 1. The van der Waals surface area contributed by atoms with Crippen molar-refractivity contribution in [1.29, 1.82) is 0 Å². The number of hydrogen-bond donors (Lipinski definition) is 0. The zero-order valence-electron chi connectivity index (χ0n) is 15.0. The van der Waals surface area contributed by atoms with Crippen molar-refractivity contribution in [2.45, 2.75) is 12.8 Å². The number of sulfone groups is 1. The highest BCUT2D eigenvalue weighted by Gasteiger charge is 2.28. The molecule has 3 rings (SSSR count). The van der Waals surface area contributed by atoms with E-state index in [4.69, 9.17) is 9.15 Å². The van der Waals surface area contributed by atoms with Gasteiger partial charge in [0.15, 0.2) is 5.76 Å². The van der Waals surface area contributed by atoms with Crippen LogP contribution in [0.15, 0.2) is 40.8 Å². The first kappa shape index (κ1) is 18.5. The Morgan fingerprint density at radius 3 is 2.85 bits per heavy atom. The molecule has 0 aliphatic carbocycles. The van der Waals surface area contributed by atoms with Crippen LogP contribution in [0.3, 0.4) is 0 Å². The predicted octanol–water partition coefficient (Wildman–Crippen LogP) is 2.85. The molecule has 1 fully saturated rings. The van der Waals surface area contributed by atoms with Crippen LogP contribution in [0.1, 0.15) is 23.4 Å². The van der Waals surface area contributed by atoms with Gasteiger partial charge in [0.1, 0.15) is 21.3 Å². The average Bonchev–Trinajstić information content (AvgIpc) is 3.10. The quantitative estimate of drug-likeness (QED) is 0.801. The van der Waals surface area contributed by atoms with Crippen molar-refractivity contribution in [2.24, 2.45) is 5.92 Å². The third-order valence-electron chi connectivity index (χ3n) is 4.52. The second-order valence-electron chi connectivity index (χ2n) is 6.75. The van der Waals surface area contributed by atoms with E-state index in [1.807, 2.05) is 24.3 Å². The van der Waals surface area contributed by atoms with E-state index >= 15 is 0 Å². The summed E-state index contributed by atoms with van der Waals surface area (Å²) >= 11 is 0. The Labute approximate surface area is 153 Å². The number of likely N-dealkylation sites (tertiary alicyclic amines) is 1. The zero-order valence-corrected chi connectivity index (χ0v) is 15.8. The molecule has 1 aromatic carbocycles. The van der Waals surface area contributed by atoms with Gasteiger partial charge in [0.2, 0.25) is 0 Å². The van der Waals surface area contributed by atoms with E-state index in [9.17, 15) is 13.2 Å². The zero-order chi connectivity index (χ0) is 18.7. The van der Waals surface area contributed by atoms with Crippen LogP contribution in [0.25, 0.3) is 11.3 Å². The van der Waals surface area contributed by atoms with Gasteiger partial charge in [-0.25, -0.2) is 8.42 Å². The summed E-state index contributed by atoms with van der Waals surface area (Å²) < 4.78 is 34.0. The van der Waals surface area contributed by atoms with E-state index in [1.54, 1.807) is 24.1 Å². The monoisotopic (exact) mass is 377 g/mol. The lowest BCUT2D eigenvalue weighted by Crippen LogP contribution is -2.41. The number of hydrogen-bond acceptors (Lipinski definition) is 5. The average molecular weight is 377 g/mol. The first-order valence-electron chi connectivity index (χ1n) is 8.57. The molecule has 1 saturated heterocycles. The number of piperidine rings is 1. The SMILES string of the molecule is COc1cccc(-c2ccc(C(=O)N3CCCC(CS(C)(=O)=O)C3)o2)c1. The van der Waals surface area contributed by atoms with Crippen LogP contribution in [0.4, 0.5) is 0 Å². The summed E-state index contributed by atoms with van der Waals surface area (Å²) in [5, 5.41) is 0. The Bertz CT molecular complexity index is 887. The molecule has 0 saturated carbocycles. The number of carbonyl (C=O) groups is 1. The number of benzene rings is 1. The standard InChI is InChI=1S/C19H23NO5S/c1-24-16-7-3-6-15(11-16)17-8-9-18(25-17)19(21)20-10-4-5-14(12-20)13-26(2,22)23/h3,6-9,11,14H,4-5,10,12-13H2,1-2H3. The lowest BCUT2D eigenvalue weighted by atomic mass is 10.00. The van der Waals surface area contributed by atoms with E-state index in [0.29, 0.717) is 24.6 Å². The van der Waals surface area contributed by atoms with Gasteiger partial charge in [-0.1, -0.05) is 12.1 Å². The van der Waals surface area contributed by atoms with E-state index in [0.717, 1.165) is 18.4 Å². The van der Waals surface area contributed by atoms with Crippen LogP contribution in [0, 0.1) is 5.92 Å². The molecule has 7 heteroatoms. The molecule has 26 heavy (non-hydrogen) atoms. The number of carbonyl (C=O) groups excluding carboxylic acids is 1. The Morgan fingerprint density at radius 1 is 1.31 bits per heavy atom. The fourth-order valence-corrected chi connectivity index (χ4v) is 4.48. The van der Waals surface area contributed by atoms with E-state index in [1.165, 1.54) is 6.26 Å². The first-order valence-corrected chi connectivity index (χ1v) is 10.6. The molecular formula is C19H23NO5S. The molecule has 1 aliphatic rings. The topological polar surface area (TPSA) is 76.8 Å². The number of ether oxygens (including phenoxy) is 1. The minimum atomic E-state index is -3.05. The smallest absolute Gasteiger partial charge is 0.289 e. The van der Waals surface area contributed by atoms with Gasteiger partial charge in [-0.15, -0.1) is 0 Å². The van der Waals surface area contributed by atoms with Crippen LogP contribution in [-0.4, -0.2) is 51.4 Å². The van der Waals surface area contributed by atoms with Crippen LogP contribution in [0.2, 0.25) is 0 Å². The van der Waals surface area contributed by atoms with Gasteiger partial charge in [0.25, 0.3) is 5.91 Å². The summed E-state index contributed by atoms with van der Waals surface area (Å²) in [6.45, 7) is 1.06. The van der Waals surface area contributed by atoms with Gasteiger partial charge in [-0.3, -0.25) is 4.79 Å². The van der Waals surface area contributed by atoms with Crippen molar-refractivity contribution in [3.8, 4) is 17.1 Å². The molecule has 1 aliphatic heterocycles. The van der Waals surface area contributed by atoms with Crippen molar-refractivity contribution in [3.63, 3.8) is 0 Å². The maximum atomic E-state index is 12.7. The fraction of sp³-hybridized carbons (Fsp3) is 0.421. The molecule has 1 atom stereocenters. The molecule has 140 valence electrons. The number of amides is 1. The Kier molecular flexibility index (Phi) is 5.36. The predicted molar refractivity (Wildman–Crippen MR) is 99.0 cm³/mol. The summed E-state index contributed by atoms with van der Waals surface area (Å²) in [5.74, 6) is 1.48. The molecule has 2 heterocycles. The van der Waals surface area contributed by atoms with Gasteiger partial charge >= 0.3 is 0 Å². The molecule has 1 aromatic heterocycles. The van der Waals surface area contributed by atoms with Gasteiger partial charge < -0.3 is 14.1 Å². The number of nitrogens with zero attached hydrogens (tertiary/aromatic N) is 1. The summed E-state index contributed by atoms with van der Waals surface area (Å²) in [5.41, 5.74) is 0.831. The molecule has 6 nitrogen and oxygen atoms in total. The van der Waals surface area contributed by atoms with E-state index in [-0.39, 0.29) is 23.3 Å². The van der Waals surface area contributed by atoms with Crippen molar-refractivity contribution in [1.82, 2.24) is 4.90 Å². The minimum Gasteiger partial charge on any atom is -0.497 e. The van der Waals surface area contributed by atoms with Gasteiger partial charge in [0.05, 0.1) is 12.9 Å². The van der Waals surface area contributed by atoms with Crippen molar-refractivity contribution in [3.05, 3.63) is 42.2 Å². The summed E-state index contributed by atoms with van der Waals surface area (Å²) in [6, 6.07) is 10.9. The Hall–Kier alpha value is -2.28. The second-order valence-corrected chi connectivity index (χ2v) is 8.93. The van der Waals surface area contributed by atoms with Crippen molar-refractivity contribution >= 4 is 15.7 Å². The van der Waals surface area contributed by atoms with Gasteiger partial charge in [0, 0.05) is 24.9 Å². The number of furan rings is 1. The summed E-state index contributed by atoms with van der Waals surface area (Å²) in [7, 11) is -1.45.